The van der Waals surface area contributed by atoms with Crippen molar-refractivity contribution in [1.29, 1.82) is 0 Å². The molecule has 1 saturated heterocycles. The molecule has 0 spiro atoms. The summed E-state index contributed by atoms with van der Waals surface area (Å²) >= 11 is 5.38. The first-order valence-electron chi connectivity index (χ1n) is 7.51. The second-order valence-electron chi connectivity index (χ2n) is 5.42. The van der Waals surface area contributed by atoms with Crippen molar-refractivity contribution >= 4 is 23.0 Å². The van der Waals surface area contributed by atoms with E-state index in [1.54, 1.807) is 21.3 Å². The molecule has 7 nitrogen and oxygen atoms in total. The number of quaternary nitrogens is 1. The van der Waals surface area contributed by atoms with E-state index in [1.807, 2.05) is 12.1 Å². The Bertz CT molecular complexity index is 523. The molecule has 0 radical (unpaired) electrons. The van der Waals surface area contributed by atoms with Crippen LogP contribution in [0.25, 0.3) is 0 Å². The lowest BCUT2D eigenvalue weighted by atomic mass is 10.2. The highest BCUT2D eigenvalue weighted by molar-refractivity contribution is 7.80. The Labute approximate surface area is 142 Å². The van der Waals surface area contributed by atoms with Gasteiger partial charge in [0.15, 0.2) is 16.6 Å². The van der Waals surface area contributed by atoms with Gasteiger partial charge >= 0.3 is 0 Å². The van der Waals surface area contributed by atoms with Crippen LogP contribution in [0, 0.1) is 0 Å². The zero-order chi connectivity index (χ0) is 16.8. The van der Waals surface area contributed by atoms with Crippen molar-refractivity contribution in [3.05, 3.63) is 12.1 Å². The SMILES string of the molecule is COc1cc(NC(=S)NN2CC[NH+](C)CC2)cc(OC)c1OC. The summed E-state index contributed by atoms with van der Waals surface area (Å²) in [5, 5.41) is 5.82. The van der Waals surface area contributed by atoms with E-state index in [1.165, 1.54) is 4.90 Å². The molecule has 0 amide bonds. The number of hydrazine groups is 1. The lowest BCUT2D eigenvalue weighted by molar-refractivity contribution is -0.884. The van der Waals surface area contributed by atoms with E-state index in [-0.39, 0.29) is 0 Å². The van der Waals surface area contributed by atoms with Gasteiger partial charge in [-0.25, -0.2) is 5.01 Å². The second-order valence-corrected chi connectivity index (χ2v) is 5.83. The molecule has 23 heavy (non-hydrogen) atoms. The van der Waals surface area contributed by atoms with Crippen LogP contribution >= 0.6 is 12.2 Å². The summed E-state index contributed by atoms with van der Waals surface area (Å²) in [5.41, 5.74) is 3.99. The summed E-state index contributed by atoms with van der Waals surface area (Å²) in [7, 11) is 6.95. The Hall–Kier alpha value is -1.77. The first-order valence-corrected chi connectivity index (χ1v) is 7.92. The standard InChI is InChI=1S/C15H24N4O3S/c1-18-5-7-19(8-6-18)17-15(23)16-11-9-12(20-2)14(22-4)13(10-11)21-3/h9-10H,5-8H2,1-4H3,(H2,16,17,23)/p+1. The summed E-state index contributed by atoms with van der Waals surface area (Å²) in [5.74, 6) is 1.72. The number of likely N-dealkylation sites (N-methyl/N-ethyl adjacent to an activating group) is 1. The molecule has 1 aliphatic rings. The van der Waals surface area contributed by atoms with Crippen LogP contribution in [-0.4, -0.2) is 64.7 Å². The van der Waals surface area contributed by atoms with Gasteiger partial charge in [0.05, 0.1) is 54.6 Å². The van der Waals surface area contributed by atoms with Gasteiger partial charge < -0.3 is 24.4 Å². The first-order chi connectivity index (χ1) is 11.1. The number of hydrogen-bond acceptors (Lipinski definition) is 5. The average molecular weight is 341 g/mol. The van der Waals surface area contributed by atoms with Crippen molar-refractivity contribution in [3.8, 4) is 17.2 Å². The molecule has 2 rings (SSSR count). The molecule has 0 bridgehead atoms. The van der Waals surface area contributed by atoms with E-state index < -0.39 is 0 Å². The summed E-state index contributed by atoms with van der Waals surface area (Å²) < 4.78 is 16.0. The predicted molar refractivity (Wildman–Crippen MR) is 93.6 cm³/mol. The number of anilines is 1. The van der Waals surface area contributed by atoms with E-state index in [0.29, 0.717) is 22.4 Å². The van der Waals surface area contributed by atoms with Crippen molar-refractivity contribution in [3.63, 3.8) is 0 Å². The Morgan fingerprint density at radius 2 is 1.65 bits per heavy atom. The third kappa shape index (κ3) is 4.60. The highest BCUT2D eigenvalue weighted by atomic mass is 32.1. The number of nitrogens with one attached hydrogen (secondary N) is 3. The van der Waals surface area contributed by atoms with Crippen LogP contribution in [-0.2, 0) is 0 Å². The number of thiocarbonyl (C=S) groups is 1. The minimum Gasteiger partial charge on any atom is -0.493 e. The molecule has 1 aromatic carbocycles. The maximum atomic E-state index is 5.38. The number of piperazine rings is 1. The predicted octanol–water partition coefficient (Wildman–Crippen LogP) is -0.256. The minimum atomic E-state index is 0.541. The van der Waals surface area contributed by atoms with E-state index in [9.17, 15) is 0 Å². The van der Waals surface area contributed by atoms with Crippen LogP contribution in [0.2, 0.25) is 0 Å². The van der Waals surface area contributed by atoms with Gasteiger partial charge in [-0.15, -0.1) is 0 Å². The van der Waals surface area contributed by atoms with E-state index in [4.69, 9.17) is 26.4 Å². The molecule has 8 heteroatoms. The van der Waals surface area contributed by atoms with Crippen molar-refractivity contribution < 1.29 is 19.1 Å². The Kier molecular flexibility index (Phi) is 6.26. The van der Waals surface area contributed by atoms with Crippen molar-refractivity contribution in [2.45, 2.75) is 0 Å². The molecule has 0 unspecified atom stereocenters. The number of nitrogens with zero attached hydrogens (tertiary/aromatic N) is 1. The van der Waals surface area contributed by atoms with Gasteiger partial charge in [0.2, 0.25) is 5.75 Å². The van der Waals surface area contributed by atoms with Crippen LogP contribution in [0.15, 0.2) is 12.1 Å². The Balaban J connectivity index is 2.02. The number of hydrogen-bond donors (Lipinski definition) is 3. The second kappa shape index (κ2) is 8.19. The monoisotopic (exact) mass is 341 g/mol. The molecule has 1 heterocycles. The van der Waals surface area contributed by atoms with Crippen LogP contribution < -0.4 is 29.9 Å². The molecular formula is C15H25N4O3S+. The van der Waals surface area contributed by atoms with Gasteiger partial charge in [0, 0.05) is 17.8 Å². The number of ether oxygens (including phenoxy) is 3. The molecule has 1 aliphatic heterocycles. The smallest absolute Gasteiger partial charge is 0.203 e. The lowest BCUT2D eigenvalue weighted by Crippen LogP contribution is -3.12. The van der Waals surface area contributed by atoms with Gasteiger partial charge in [-0.1, -0.05) is 0 Å². The van der Waals surface area contributed by atoms with E-state index in [2.05, 4.69) is 22.8 Å². The van der Waals surface area contributed by atoms with Crippen LogP contribution in [0.3, 0.4) is 0 Å². The largest absolute Gasteiger partial charge is 0.493 e. The van der Waals surface area contributed by atoms with Gasteiger partial charge in [0.25, 0.3) is 0 Å². The van der Waals surface area contributed by atoms with Gasteiger partial charge in [-0.3, -0.25) is 5.43 Å². The van der Waals surface area contributed by atoms with Crippen LogP contribution in [0.5, 0.6) is 17.2 Å². The number of benzene rings is 1. The van der Waals surface area contributed by atoms with Crippen molar-refractivity contribution in [1.82, 2.24) is 10.4 Å². The molecule has 0 aliphatic carbocycles. The van der Waals surface area contributed by atoms with Gasteiger partial charge in [0.1, 0.15) is 0 Å². The molecule has 0 saturated carbocycles. The highest BCUT2D eigenvalue weighted by Crippen LogP contribution is 2.39. The maximum Gasteiger partial charge on any atom is 0.203 e. The zero-order valence-electron chi connectivity index (χ0n) is 14.1. The summed E-state index contributed by atoms with van der Waals surface area (Å²) in [6.45, 7) is 4.12. The molecule has 1 aromatic rings. The molecule has 128 valence electrons. The fraction of sp³-hybridized carbons (Fsp3) is 0.533. The number of rotatable bonds is 5. The van der Waals surface area contributed by atoms with Crippen molar-refractivity contribution in [2.24, 2.45) is 0 Å². The summed E-state index contributed by atoms with van der Waals surface area (Å²) in [6, 6.07) is 3.65. The normalized spacial score (nSPS) is 15.8. The molecule has 1 fully saturated rings. The third-order valence-corrected chi connectivity index (χ3v) is 3.99. The maximum absolute atomic E-state index is 5.38. The van der Waals surface area contributed by atoms with Gasteiger partial charge in [-0.2, -0.15) is 0 Å². The highest BCUT2D eigenvalue weighted by Gasteiger charge is 2.18. The summed E-state index contributed by atoms with van der Waals surface area (Å²) in [4.78, 5) is 1.53. The fourth-order valence-corrected chi connectivity index (χ4v) is 2.70. The van der Waals surface area contributed by atoms with Crippen LogP contribution in [0.4, 0.5) is 5.69 Å². The van der Waals surface area contributed by atoms with Crippen LogP contribution in [0.1, 0.15) is 0 Å². The molecule has 0 atom stereocenters. The van der Waals surface area contributed by atoms with E-state index >= 15 is 0 Å². The van der Waals surface area contributed by atoms with Gasteiger partial charge in [-0.05, 0) is 12.2 Å². The average Bonchev–Trinajstić information content (AvgIpc) is 2.55. The molecule has 3 N–H and O–H groups in total. The molecular weight excluding hydrogens is 316 g/mol. The number of methoxy groups -OCH3 is 3. The lowest BCUT2D eigenvalue weighted by Gasteiger charge is -2.31. The Morgan fingerprint density at radius 1 is 1.09 bits per heavy atom. The summed E-state index contributed by atoms with van der Waals surface area (Å²) in [6.07, 6.45) is 0. The topological polar surface area (TPSA) is 59.4 Å². The molecule has 0 aromatic heterocycles. The fourth-order valence-electron chi connectivity index (χ4n) is 2.46. The Morgan fingerprint density at radius 3 is 2.13 bits per heavy atom. The minimum absolute atomic E-state index is 0.541. The van der Waals surface area contributed by atoms with E-state index in [0.717, 1.165) is 31.9 Å². The first kappa shape index (κ1) is 17.6. The van der Waals surface area contributed by atoms with Crippen molar-refractivity contribution in [2.75, 3.05) is 59.9 Å². The quantitative estimate of drug-likeness (QED) is 0.638. The zero-order valence-corrected chi connectivity index (χ0v) is 14.9. The third-order valence-electron chi connectivity index (χ3n) is 3.80.